The van der Waals surface area contributed by atoms with Gasteiger partial charge in [-0.1, -0.05) is 0 Å². The van der Waals surface area contributed by atoms with Crippen LogP contribution in [-0.4, -0.2) is 36.0 Å². The molecule has 0 aromatic carbocycles. The van der Waals surface area contributed by atoms with Gasteiger partial charge in [-0.3, -0.25) is 4.79 Å². The molecule has 100 valence electrons. The zero-order chi connectivity index (χ0) is 11.8. The van der Waals surface area contributed by atoms with Gasteiger partial charge in [0.15, 0.2) is 4.67 Å². The largest absolute Gasteiger partial charge is 0.457 e. The van der Waals surface area contributed by atoms with E-state index in [2.05, 4.69) is 26.1 Å². The summed E-state index contributed by atoms with van der Waals surface area (Å²) in [5, 5.41) is 3.39. The number of nitrogens with zero attached hydrogens (tertiary/aromatic N) is 1. The predicted octanol–water partition coefficient (Wildman–Crippen LogP) is 2.43. The van der Waals surface area contributed by atoms with Gasteiger partial charge in [-0.15, -0.1) is 12.4 Å². The van der Waals surface area contributed by atoms with Crippen molar-refractivity contribution in [2.24, 2.45) is 0 Å². The molecule has 3 rings (SSSR count). The number of carbonyl (C=O) groups excluding carboxylic acids is 1. The van der Waals surface area contributed by atoms with Crippen LogP contribution in [0.25, 0.3) is 0 Å². The minimum absolute atomic E-state index is 0. The lowest BCUT2D eigenvalue weighted by molar-refractivity contribution is 0.0679. The number of furan rings is 1. The summed E-state index contributed by atoms with van der Waals surface area (Å²) in [6.07, 6.45) is 4.84. The van der Waals surface area contributed by atoms with Crippen molar-refractivity contribution < 1.29 is 9.21 Å². The predicted molar refractivity (Wildman–Crippen MR) is 74.1 cm³/mol. The molecule has 4 nitrogen and oxygen atoms in total. The molecule has 0 spiro atoms. The summed E-state index contributed by atoms with van der Waals surface area (Å²) in [7, 11) is 0. The van der Waals surface area contributed by atoms with Crippen molar-refractivity contribution in [1.82, 2.24) is 10.2 Å². The van der Waals surface area contributed by atoms with Gasteiger partial charge in [0, 0.05) is 24.7 Å². The van der Waals surface area contributed by atoms with Crippen LogP contribution < -0.4 is 5.32 Å². The number of halogens is 2. The minimum atomic E-state index is 0. The summed E-state index contributed by atoms with van der Waals surface area (Å²) >= 11 is 3.24. The summed E-state index contributed by atoms with van der Waals surface area (Å²) in [5.74, 6) is 0.107. The van der Waals surface area contributed by atoms with Gasteiger partial charge in [0.05, 0.1) is 5.56 Å². The maximum atomic E-state index is 12.4. The van der Waals surface area contributed by atoms with E-state index in [1.165, 1.54) is 6.26 Å². The van der Waals surface area contributed by atoms with E-state index >= 15 is 0 Å². The van der Waals surface area contributed by atoms with Crippen LogP contribution >= 0.6 is 28.3 Å². The molecule has 0 aliphatic carbocycles. The lowest BCUT2D eigenvalue weighted by Crippen LogP contribution is -2.42. The molecule has 1 aromatic rings. The third kappa shape index (κ3) is 2.44. The fraction of sp³-hybridized carbons (Fsp3) is 0.583. The first kappa shape index (κ1) is 13.9. The van der Waals surface area contributed by atoms with E-state index in [0.717, 1.165) is 32.4 Å². The van der Waals surface area contributed by atoms with Crippen LogP contribution in [0.1, 0.15) is 29.6 Å². The van der Waals surface area contributed by atoms with E-state index < -0.39 is 0 Å². The molecule has 2 fully saturated rings. The normalized spacial score (nSPS) is 26.6. The van der Waals surface area contributed by atoms with Crippen molar-refractivity contribution in [1.29, 1.82) is 0 Å². The highest BCUT2D eigenvalue weighted by Gasteiger charge is 2.38. The standard InChI is InChI=1S/C12H15BrN2O2.ClH/c13-11-5-8(7-17-11)12(16)15-9-1-2-10(15)6-14-4-3-9;/h5,7,9-10,14H,1-4,6H2;1H. The van der Waals surface area contributed by atoms with Gasteiger partial charge >= 0.3 is 0 Å². The van der Waals surface area contributed by atoms with Crippen LogP contribution in [0.2, 0.25) is 0 Å². The molecule has 2 atom stereocenters. The first-order chi connectivity index (χ1) is 8.25. The number of amides is 1. The van der Waals surface area contributed by atoms with Crippen molar-refractivity contribution in [3.05, 3.63) is 22.6 Å². The van der Waals surface area contributed by atoms with Gasteiger partial charge in [-0.25, -0.2) is 0 Å². The maximum Gasteiger partial charge on any atom is 0.257 e. The van der Waals surface area contributed by atoms with Crippen molar-refractivity contribution >= 4 is 34.2 Å². The zero-order valence-electron chi connectivity index (χ0n) is 9.89. The van der Waals surface area contributed by atoms with Crippen LogP contribution in [0, 0.1) is 0 Å². The van der Waals surface area contributed by atoms with Gasteiger partial charge in [0.2, 0.25) is 0 Å². The van der Waals surface area contributed by atoms with E-state index in [1.807, 2.05) is 0 Å². The highest BCUT2D eigenvalue weighted by molar-refractivity contribution is 9.10. The number of carbonyl (C=O) groups is 1. The van der Waals surface area contributed by atoms with E-state index in [-0.39, 0.29) is 18.3 Å². The third-order valence-electron chi connectivity index (χ3n) is 3.70. The first-order valence-corrected chi connectivity index (χ1v) is 6.82. The maximum absolute atomic E-state index is 12.4. The molecule has 6 heteroatoms. The summed E-state index contributed by atoms with van der Waals surface area (Å²) in [4.78, 5) is 14.5. The molecule has 2 aliphatic rings. The molecule has 0 saturated carbocycles. The van der Waals surface area contributed by atoms with Crippen LogP contribution in [0.4, 0.5) is 0 Å². The van der Waals surface area contributed by atoms with Crippen LogP contribution in [0.5, 0.6) is 0 Å². The quantitative estimate of drug-likeness (QED) is 0.857. The van der Waals surface area contributed by atoms with E-state index in [1.54, 1.807) is 6.07 Å². The van der Waals surface area contributed by atoms with Gasteiger partial charge in [0.1, 0.15) is 6.26 Å². The first-order valence-electron chi connectivity index (χ1n) is 6.03. The second-order valence-electron chi connectivity index (χ2n) is 4.73. The average molecular weight is 336 g/mol. The van der Waals surface area contributed by atoms with Crippen molar-refractivity contribution in [2.75, 3.05) is 13.1 Å². The molecule has 2 saturated heterocycles. The Bertz CT molecular complexity index is 423. The highest BCUT2D eigenvalue weighted by atomic mass is 79.9. The monoisotopic (exact) mass is 334 g/mol. The summed E-state index contributed by atoms with van der Waals surface area (Å²) in [5.41, 5.74) is 0.649. The van der Waals surface area contributed by atoms with E-state index in [9.17, 15) is 4.79 Å². The molecule has 1 aromatic heterocycles. The topological polar surface area (TPSA) is 45.5 Å². The number of hydrogen-bond donors (Lipinski definition) is 1. The van der Waals surface area contributed by atoms with E-state index in [4.69, 9.17) is 4.42 Å². The second kappa shape index (κ2) is 5.63. The Balaban J connectivity index is 0.00000120. The Morgan fingerprint density at radius 1 is 1.39 bits per heavy atom. The fourth-order valence-corrected chi connectivity index (χ4v) is 3.23. The summed E-state index contributed by atoms with van der Waals surface area (Å²) < 4.78 is 5.76. The van der Waals surface area contributed by atoms with Crippen molar-refractivity contribution in [3.8, 4) is 0 Å². The average Bonchev–Trinajstić information content (AvgIpc) is 2.81. The minimum Gasteiger partial charge on any atom is -0.457 e. The van der Waals surface area contributed by atoms with Crippen molar-refractivity contribution in [3.63, 3.8) is 0 Å². The Kier molecular flexibility index (Phi) is 4.35. The number of rotatable bonds is 1. The molecular weight excluding hydrogens is 320 g/mol. The highest BCUT2D eigenvalue weighted by Crippen LogP contribution is 2.30. The smallest absolute Gasteiger partial charge is 0.257 e. The van der Waals surface area contributed by atoms with Gasteiger partial charge < -0.3 is 14.6 Å². The Morgan fingerprint density at radius 3 is 2.89 bits per heavy atom. The van der Waals surface area contributed by atoms with Gasteiger partial charge in [0.25, 0.3) is 5.91 Å². The fourth-order valence-electron chi connectivity index (χ4n) is 2.89. The number of fused-ring (bicyclic) bond motifs is 2. The molecule has 2 aliphatic heterocycles. The lowest BCUT2D eigenvalue weighted by atomic mass is 10.1. The van der Waals surface area contributed by atoms with Crippen molar-refractivity contribution in [2.45, 2.75) is 31.3 Å². The van der Waals surface area contributed by atoms with Gasteiger partial charge in [-0.2, -0.15) is 0 Å². The van der Waals surface area contributed by atoms with Crippen LogP contribution in [0.3, 0.4) is 0 Å². The Labute approximate surface area is 121 Å². The molecular formula is C12H16BrClN2O2. The van der Waals surface area contributed by atoms with E-state index in [0.29, 0.717) is 22.3 Å². The molecule has 18 heavy (non-hydrogen) atoms. The van der Waals surface area contributed by atoms with Gasteiger partial charge in [-0.05, 0) is 41.7 Å². The van der Waals surface area contributed by atoms with Crippen LogP contribution in [-0.2, 0) is 0 Å². The Hall–Kier alpha value is -0.520. The summed E-state index contributed by atoms with van der Waals surface area (Å²) in [6, 6.07) is 2.50. The number of nitrogens with one attached hydrogen (secondary N) is 1. The second-order valence-corrected chi connectivity index (χ2v) is 5.51. The SMILES string of the molecule is Cl.O=C(c1coc(Br)c1)N1C2CCNCC1CC2. The summed E-state index contributed by atoms with van der Waals surface area (Å²) in [6.45, 7) is 1.93. The Morgan fingerprint density at radius 2 is 2.17 bits per heavy atom. The lowest BCUT2D eigenvalue weighted by Gasteiger charge is -2.27. The third-order valence-corrected chi connectivity index (χ3v) is 4.12. The molecule has 3 heterocycles. The molecule has 2 bridgehead atoms. The molecule has 2 unspecified atom stereocenters. The zero-order valence-corrected chi connectivity index (χ0v) is 12.3. The molecule has 1 amide bonds. The van der Waals surface area contributed by atoms with Crippen LogP contribution in [0.15, 0.2) is 21.4 Å². The molecule has 0 radical (unpaired) electrons. The molecule has 1 N–H and O–H groups in total. The number of hydrogen-bond acceptors (Lipinski definition) is 3.